The molecule has 0 radical (unpaired) electrons. The van der Waals surface area contributed by atoms with Gasteiger partial charge in [-0.3, -0.25) is 0 Å². The Bertz CT molecular complexity index is 327. The lowest BCUT2D eigenvalue weighted by Gasteiger charge is -2.18. The first-order valence-corrected chi connectivity index (χ1v) is 5.12. The van der Waals surface area contributed by atoms with Gasteiger partial charge < -0.3 is 11.5 Å². The molecule has 0 aliphatic carbocycles. The Labute approximate surface area is 86.3 Å². The molecule has 4 N–H and O–H groups in total. The minimum Gasteiger partial charge on any atom is -0.398 e. The summed E-state index contributed by atoms with van der Waals surface area (Å²) in [5.74, 6) is 0.835. The summed E-state index contributed by atoms with van der Waals surface area (Å²) in [7, 11) is 0. The molecular formula is C12H20N2. The quantitative estimate of drug-likeness (QED) is 0.707. The average molecular weight is 192 g/mol. The van der Waals surface area contributed by atoms with Gasteiger partial charge in [-0.05, 0) is 23.5 Å². The number of hydrogen-bond acceptors (Lipinski definition) is 2. The van der Waals surface area contributed by atoms with Crippen molar-refractivity contribution < 1.29 is 0 Å². The summed E-state index contributed by atoms with van der Waals surface area (Å²) in [4.78, 5) is 0. The summed E-state index contributed by atoms with van der Waals surface area (Å²) in [6.45, 7) is 8.52. The summed E-state index contributed by atoms with van der Waals surface area (Å²) in [5.41, 5.74) is 16.0. The first-order chi connectivity index (χ1) is 6.45. The highest BCUT2D eigenvalue weighted by Crippen LogP contribution is 2.33. The van der Waals surface area contributed by atoms with Gasteiger partial charge in [0.25, 0.3) is 0 Å². The van der Waals surface area contributed by atoms with E-state index in [0.717, 1.165) is 16.9 Å². The van der Waals surface area contributed by atoms with Crippen molar-refractivity contribution in [3.8, 4) is 0 Å². The molecule has 0 heterocycles. The summed E-state index contributed by atoms with van der Waals surface area (Å²) in [6.07, 6.45) is 0. The van der Waals surface area contributed by atoms with Crippen LogP contribution < -0.4 is 11.5 Å². The fraction of sp³-hybridized carbons (Fsp3) is 0.500. The van der Waals surface area contributed by atoms with Gasteiger partial charge in [-0.1, -0.05) is 33.8 Å². The zero-order valence-corrected chi connectivity index (χ0v) is 9.46. The molecule has 0 amide bonds. The maximum absolute atomic E-state index is 6.11. The summed E-state index contributed by atoms with van der Waals surface area (Å²) in [5, 5.41) is 0. The molecule has 1 aromatic rings. The highest BCUT2D eigenvalue weighted by Gasteiger charge is 2.13. The number of hydrogen-bond donors (Lipinski definition) is 2. The normalized spacial score (nSPS) is 11.3. The highest BCUT2D eigenvalue weighted by molar-refractivity contribution is 5.67. The third kappa shape index (κ3) is 1.84. The average Bonchev–Trinajstić information content (AvgIpc) is 2.02. The standard InChI is InChI=1S/C12H20N2/c1-7(2)9-5-6-10(13)11(8(3)4)12(9)14/h5-8H,13-14H2,1-4H3. The molecule has 1 aromatic carbocycles. The zero-order valence-electron chi connectivity index (χ0n) is 9.46. The molecule has 0 unspecified atom stereocenters. The summed E-state index contributed by atoms with van der Waals surface area (Å²) in [6, 6.07) is 3.99. The van der Waals surface area contributed by atoms with Crippen LogP contribution in [-0.2, 0) is 0 Å². The van der Waals surface area contributed by atoms with Crippen LogP contribution in [0.25, 0.3) is 0 Å². The maximum atomic E-state index is 6.11. The molecule has 0 saturated heterocycles. The van der Waals surface area contributed by atoms with Crippen LogP contribution in [0.15, 0.2) is 12.1 Å². The molecule has 0 aliphatic heterocycles. The SMILES string of the molecule is CC(C)c1ccc(N)c(C(C)C)c1N. The lowest BCUT2D eigenvalue weighted by Crippen LogP contribution is -2.06. The Morgan fingerprint density at radius 1 is 0.929 bits per heavy atom. The molecule has 0 fully saturated rings. The molecule has 0 bridgehead atoms. The van der Waals surface area contributed by atoms with Gasteiger partial charge in [0.15, 0.2) is 0 Å². The minimum atomic E-state index is 0.383. The maximum Gasteiger partial charge on any atom is 0.0405 e. The monoisotopic (exact) mass is 192 g/mol. The second kappa shape index (κ2) is 3.91. The Morgan fingerprint density at radius 3 is 1.93 bits per heavy atom. The van der Waals surface area contributed by atoms with Crippen LogP contribution in [0, 0.1) is 0 Å². The summed E-state index contributed by atoms with van der Waals surface area (Å²) >= 11 is 0. The van der Waals surface area contributed by atoms with Crippen molar-refractivity contribution in [1.82, 2.24) is 0 Å². The van der Waals surface area contributed by atoms with Gasteiger partial charge in [0.1, 0.15) is 0 Å². The van der Waals surface area contributed by atoms with Gasteiger partial charge in [0.05, 0.1) is 0 Å². The predicted octanol–water partition coefficient (Wildman–Crippen LogP) is 3.10. The second-order valence-corrected chi connectivity index (χ2v) is 4.38. The number of benzene rings is 1. The zero-order chi connectivity index (χ0) is 10.9. The summed E-state index contributed by atoms with van der Waals surface area (Å²) < 4.78 is 0. The molecule has 0 atom stereocenters. The molecule has 14 heavy (non-hydrogen) atoms. The third-order valence-electron chi connectivity index (χ3n) is 2.55. The smallest absolute Gasteiger partial charge is 0.0405 e. The van der Waals surface area contributed by atoms with Crippen LogP contribution in [0.4, 0.5) is 11.4 Å². The van der Waals surface area contributed by atoms with E-state index in [1.54, 1.807) is 0 Å². The van der Waals surface area contributed by atoms with Gasteiger partial charge in [0, 0.05) is 16.9 Å². The second-order valence-electron chi connectivity index (χ2n) is 4.38. The first kappa shape index (κ1) is 10.9. The van der Waals surface area contributed by atoms with E-state index in [1.165, 1.54) is 5.56 Å². The van der Waals surface area contributed by atoms with Crippen LogP contribution >= 0.6 is 0 Å². The molecule has 0 aliphatic rings. The largest absolute Gasteiger partial charge is 0.398 e. The molecule has 0 saturated carbocycles. The van der Waals surface area contributed by atoms with E-state index in [2.05, 4.69) is 27.7 Å². The minimum absolute atomic E-state index is 0.383. The Morgan fingerprint density at radius 2 is 1.50 bits per heavy atom. The van der Waals surface area contributed by atoms with Crippen molar-refractivity contribution in [1.29, 1.82) is 0 Å². The van der Waals surface area contributed by atoms with Crippen LogP contribution in [0.2, 0.25) is 0 Å². The number of rotatable bonds is 2. The topological polar surface area (TPSA) is 52.0 Å². The molecular weight excluding hydrogens is 172 g/mol. The van der Waals surface area contributed by atoms with Crippen molar-refractivity contribution in [2.75, 3.05) is 11.5 Å². The number of nitrogens with two attached hydrogens (primary N) is 2. The Balaban J connectivity index is 3.34. The van der Waals surface area contributed by atoms with E-state index in [4.69, 9.17) is 11.5 Å². The van der Waals surface area contributed by atoms with Crippen molar-refractivity contribution in [3.63, 3.8) is 0 Å². The third-order valence-corrected chi connectivity index (χ3v) is 2.55. The lowest BCUT2D eigenvalue weighted by molar-refractivity contribution is 0.842. The molecule has 78 valence electrons. The first-order valence-electron chi connectivity index (χ1n) is 5.12. The number of anilines is 2. The number of nitrogen functional groups attached to an aromatic ring is 2. The Hall–Kier alpha value is -1.18. The van der Waals surface area contributed by atoms with E-state index in [1.807, 2.05) is 12.1 Å². The van der Waals surface area contributed by atoms with E-state index in [9.17, 15) is 0 Å². The van der Waals surface area contributed by atoms with Crippen LogP contribution in [0.1, 0.15) is 50.7 Å². The van der Waals surface area contributed by atoms with E-state index in [0.29, 0.717) is 11.8 Å². The van der Waals surface area contributed by atoms with Crippen molar-refractivity contribution in [2.24, 2.45) is 0 Å². The van der Waals surface area contributed by atoms with Crippen molar-refractivity contribution in [3.05, 3.63) is 23.3 Å². The van der Waals surface area contributed by atoms with Crippen LogP contribution in [-0.4, -0.2) is 0 Å². The van der Waals surface area contributed by atoms with E-state index >= 15 is 0 Å². The molecule has 1 rings (SSSR count). The molecule has 0 spiro atoms. The van der Waals surface area contributed by atoms with Gasteiger partial charge in [0.2, 0.25) is 0 Å². The van der Waals surface area contributed by atoms with Crippen molar-refractivity contribution >= 4 is 11.4 Å². The molecule has 2 heteroatoms. The van der Waals surface area contributed by atoms with Gasteiger partial charge >= 0.3 is 0 Å². The van der Waals surface area contributed by atoms with Crippen LogP contribution in [0.5, 0.6) is 0 Å². The van der Waals surface area contributed by atoms with Gasteiger partial charge in [-0.15, -0.1) is 0 Å². The molecule has 0 aromatic heterocycles. The van der Waals surface area contributed by atoms with Crippen LogP contribution in [0.3, 0.4) is 0 Å². The fourth-order valence-electron chi connectivity index (χ4n) is 1.82. The predicted molar refractivity (Wildman–Crippen MR) is 63.4 cm³/mol. The van der Waals surface area contributed by atoms with E-state index in [-0.39, 0.29) is 0 Å². The fourth-order valence-corrected chi connectivity index (χ4v) is 1.82. The van der Waals surface area contributed by atoms with Gasteiger partial charge in [-0.25, -0.2) is 0 Å². The van der Waals surface area contributed by atoms with Gasteiger partial charge in [-0.2, -0.15) is 0 Å². The molecule has 2 nitrogen and oxygen atoms in total. The Kier molecular flexibility index (Phi) is 3.04. The lowest BCUT2D eigenvalue weighted by atomic mass is 9.92. The van der Waals surface area contributed by atoms with E-state index < -0.39 is 0 Å². The highest BCUT2D eigenvalue weighted by atomic mass is 14.6. The van der Waals surface area contributed by atoms with Crippen molar-refractivity contribution in [2.45, 2.75) is 39.5 Å².